The summed E-state index contributed by atoms with van der Waals surface area (Å²) in [4.78, 5) is 20.0. The predicted molar refractivity (Wildman–Crippen MR) is 112 cm³/mol. The van der Waals surface area contributed by atoms with Crippen LogP contribution in [-0.4, -0.2) is 48.4 Å². The molecule has 0 saturated carbocycles. The first-order valence-corrected chi connectivity index (χ1v) is 11.2. The van der Waals surface area contributed by atoms with Gasteiger partial charge in [0.25, 0.3) is 0 Å². The summed E-state index contributed by atoms with van der Waals surface area (Å²) in [6, 6.07) is 14.1. The largest absolute Gasteiger partial charge is 0.333 e. The Morgan fingerprint density at radius 3 is 2.71 bits per heavy atom. The summed E-state index contributed by atoms with van der Waals surface area (Å²) < 4.78 is 25.5. The van der Waals surface area contributed by atoms with Gasteiger partial charge in [-0.15, -0.1) is 0 Å². The molecule has 7 nitrogen and oxygen atoms in total. The number of hydrogen-bond donors (Lipinski definition) is 2. The van der Waals surface area contributed by atoms with Gasteiger partial charge in [-0.25, -0.2) is 17.7 Å². The minimum Gasteiger partial charge on any atom is -0.333 e. The first kappa shape index (κ1) is 20.4. The normalized spacial score (nSPS) is 11.8. The Kier molecular flexibility index (Phi) is 6.38. The van der Waals surface area contributed by atoms with Crippen LogP contribution in [0.4, 0.5) is 5.69 Å². The molecule has 28 heavy (non-hydrogen) atoms. The number of carbonyl (C=O) groups is 1. The van der Waals surface area contributed by atoms with E-state index in [-0.39, 0.29) is 10.8 Å². The maximum atomic E-state index is 12.2. The number of fused-ring (bicyclic) bond motifs is 1. The van der Waals surface area contributed by atoms with Gasteiger partial charge in [0.2, 0.25) is 15.9 Å². The monoisotopic (exact) mass is 418 g/mol. The summed E-state index contributed by atoms with van der Waals surface area (Å²) in [5, 5.41) is 3.60. The third-order valence-electron chi connectivity index (χ3n) is 4.05. The number of para-hydroxylation sites is 2. The Morgan fingerprint density at radius 2 is 1.96 bits per heavy atom. The van der Waals surface area contributed by atoms with Crippen LogP contribution in [0.3, 0.4) is 0 Å². The lowest BCUT2D eigenvalue weighted by Crippen LogP contribution is -2.22. The summed E-state index contributed by atoms with van der Waals surface area (Å²) in [5.74, 6) is 0.604. The van der Waals surface area contributed by atoms with E-state index in [1.807, 2.05) is 24.3 Å². The van der Waals surface area contributed by atoms with Crippen molar-refractivity contribution in [1.82, 2.24) is 14.3 Å². The van der Waals surface area contributed by atoms with Gasteiger partial charge in [-0.2, -0.15) is 0 Å². The van der Waals surface area contributed by atoms with Crippen molar-refractivity contribution in [2.24, 2.45) is 0 Å². The van der Waals surface area contributed by atoms with Crippen LogP contribution in [0.2, 0.25) is 0 Å². The maximum absolute atomic E-state index is 12.2. The summed E-state index contributed by atoms with van der Waals surface area (Å²) in [6.07, 6.45) is 1.03. The number of benzene rings is 2. The van der Waals surface area contributed by atoms with E-state index >= 15 is 0 Å². The van der Waals surface area contributed by atoms with Gasteiger partial charge in [0.05, 0.1) is 15.9 Å². The molecule has 9 heteroatoms. The molecule has 3 rings (SSSR count). The van der Waals surface area contributed by atoms with E-state index in [4.69, 9.17) is 0 Å². The summed E-state index contributed by atoms with van der Waals surface area (Å²) >= 11 is 1.57. The Morgan fingerprint density at radius 1 is 1.18 bits per heavy atom. The molecule has 0 atom stereocenters. The molecule has 0 radical (unpaired) electrons. The van der Waals surface area contributed by atoms with Crippen LogP contribution in [0.15, 0.2) is 58.6 Å². The molecule has 0 aliphatic rings. The second kappa shape index (κ2) is 8.76. The number of imidazole rings is 1. The predicted octanol–water partition coefficient (Wildman–Crippen LogP) is 3.32. The van der Waals surface area contributed by atoms with Gasteiger partial charge in [-0.1, -0.05) is 30.0 Å². The average Bonchev–Trinajstić information content (AvgIpc) is 3.08. The van der Waals surface area contributed by atoms with E-state index in [0.29, 0.717) is 18.5 Å². The Bertz CT molecular complexity index is 1040. The molecule has 0 bridgehead atoms. The lowest BCUT2D eigenvalue weighted by atomic mass is 10.3. The molecule has 148 valence electrons. The van der Waals surface area contributed by atoms with Gasteiger partial charge in [0.15, 0.2) is 5.16 Å². The number of thioether (sulfide) groups is 1. The SMILES string of the molecule is CN(C)S(=O)(=O)c1cccc(NC(=O)CCCSc2nc3ccccc3[nH]2)c1. The van der Waals surface area contributed by atoms with Crippen LogP contribution in [0.1, 0.15) is 12.8 Å². The van der Waals surface area contributed by atoms with Crippen LogP contribution in [0, 0.1) is 0 Å². The maximum Gasteiger partial charge on any atom is 0.242 e. The fraction of sp³-hybridized carbons (Fsp3) is 0.263. The minimum atomic E-state index is -3.53. The zero-order valence-corrected chi connectivity index (χ0v) is 17.3. The van der Waals surface area contributed by atoms with Crippen LogP contribution >= 0.6 is 11.8 Å². The molecule has 0 aliphatic heterocycles. The van der Waals surface area contributed by atoms with Gasteiger partial charge in [-0.05, 0) is 36.8 Å². The molecule has 1 aromatic heterocycles. The van der Waals surface area contributed by atoms with E-state index < -0.39 is 10.0 Å². The number of rotatable bonds is 8. The highest BCUT2D eigenvalue weighted by Crippen LogP contribution is 2.21. The van der Waals surface area contributed by atoms with E-state index in [1.54, 1.807) is 23.9 Å². The molecule has 0 unspecified atom stereocenters. The number of aromatic amines is 1. The zero-order chi connectivity index (χ0) is 20.1. The standard InChI is InChI=1S/C19H22N4O3S2/c1-23(2)28(25,26)15-8-5-7-14(13-15)20-18(24)11-6-12-27-19-21-16-9-3-4-10-17(16)22-19/h3-5,7-10,13H,6,11-12H2,1-2H3,(H,20,24)(H,21,22). The van der Waals surface area contributed by atoms with E-state index in [2.05, 4.69) is 15.3 Å². The molecule has 0 aliphatic carbocycles. The lowest BCUT2D eigenvalue weighted by Gasteiger charge is -2.12. The average molecular weight is 419 g/mol. The molecule has 1 heterocycles. The van der Waals surface area contributed by atoms with E-state index in [9.17, 15) is 13.2 Å². The number of sulfonamides is 1. The van der Waals surface area contributed by atoms with Crippen molar-refractivity contribution >= 4 is 44.4 Å². The Balaban J connectivity index is 1.49. The van der Waals surface area contributed by atoms with Crippen molar-refractivity contribution in [3.8, 4) is 0 Å². The Labute approximate surface area is 168 Å². The second-order valence-electron chi connectivity index (χ2n) is 6.37. The van der Waals surface area contributed by atoms with Gasteiger partial charge < -0.3 is 10.3 Å². The molecule has 3 aromatic rings. The first-order chi connectivity index (χ1) is 13.4. The molecule has 0 spiro atoms. The summed E-state index contributed by atoms with van der Waals surface area (Å²) in [7, 11) is -0.585. The van der Waals surface area contributed by atoms with Crippen LogP contribution in [0.5, 0.6) is 0 Å². The second-order valence-corrected chi connectivity index (χ2v) is 9.61. The highest BCUT2D eigenvalue weighted by molar-refractivity contribution is 7.99. The van der Waals surface area contributed by atoms with Gasteiger partial charge in [-0.3, -0.25) is 4.79 Å². The minimum absolute atomic E-state index is 0.149. The number of hydrogen-bond acceptors (Lipinski definition) is 5. The highest BCUT2D eigenvalue weighted by Gasteiger charge is 2.17. The number of nitrogens with zero attached hydrogens (tertiary/aromatic N) is 2. The van der Waals surface area contributed by atoms with Gasteiger partial charge >= 0.3 is 0 Å². The van der Waals surface area contributed by atoms with Crippen LogP contribution < -0.4 is 5.32 Å². The van der Waals surface area contributed by atoms with Crippen molar-refractivity contribution in [2.75, 3.05) is 25.2 Å². The van der Waals surface area contributed by atoms with Crippen molar-refractivity contribution < 1.29 is 13.2 Å². The topological polar surface area (TPSA) is 95.2 Å². The fourth-order valence-corrected chi connectivity index (χ4v) is 4.34. The number of H-pyrrole nitrogens is 1. The van der Waals surface area contributed by atoms with Gasteiger partial charge in [0.1, 0.15) is 0 Å². The molecule has 0 fully saturated rings. The smallest absolute Gasteiger partial charge is 0.242 e. The third kappa shape index (κ3) is 4.92. The quantitative estimate of drug-likeness (QED) is 0.432. The first-order valence-electron chi connectivity index (χ1n) is 8.76. The van der Waals surface area contributed by atoms with Crippen LogP contribution in [-0.2, 0) is 14.8 Å². The van der Waals surface area contributed by atoms with E-state index in [1.165, 1.54) is 26.2 Å². The van der Waals surface area contributed by atoms with E-state index in [0.717, 1.165) is 26.2 Å². The lowest BCUT2D eigenvalue weighted by molar-refractivity contribution is -0.116. The fourth-order valence-electron chi connectivity index (χ4n) is 2.57. The molecule has 2 aromatic carbocycles. The highest BCUT2D eigenvalue weighted by atomic mass is 32.2. The molecular weight excluding hydrogens is 396 g/mol. The third-order valence-corrected chi connectivity index (χ3v) is 6.82. The number of nitrogens with one attached hydrogen (secondary N) is 2. The zero-order valence-electron chi connectivity index (χ0n) is 15.7. The number of carbonyl (C=O) groups excluding carboxylic acids is 1. The number of anilines is 1. The summed E-state index contributed by atoms with van der Waals surface area (Å²) in [5.41, 5.74) is 2.39. The van der Waals surface area contributed by atoms with Crippen molar-refractivity contribution in [1.29, 1.82) is 0 Å². The van der Waals surface area contributed by atoms with Crippen LogP contribution in [0.25, 0.3) is 11.0 Å². The Hall–Kier alpha value is -2.36. The number of amides is 1. The molecular formula is C19H22N4O3S2. The molecule has 0 saturated heterocycles. The van der Waals surface area contributed by atoms with Gasteiger partial charge in [0, 0.05) is 32.0 Å². The molecule has 2 N–H and O–H groups in total. The summed E-state index contributed by atoms with van der Waals surface area (Å²) in [6.45, 7) is 0. The van der Waals surface area contributed by atoms with Crippen molar-refractivity contribution in [2.45, 2.75) is 22.9 Å². The van der Waals surface area contributed by atoms with Crippen molar-refractivity contribution in [3.63, 3.8) is 0 Å². The number of aromatic nitrogens is 2. The van der Waals surface area contributed by atoms with Crippen molar-refractivity contribution in [3.05, 3.63) is 48.5 Å². The molecule has 1 amide bonds.